The van der Waals surface area contributed by atoms with E-state index in [0.717, 1.165) is 0 Å². The summed E-state index contributed by atoms with van der Waals surface area (Å²) in [6.07, 6.45) is 2.96. The summed E-state index contributed by atoms with van der Waals surface area (Å²) >= 11 is 0. The second kappa shape index (κ2) is 5.65. The van der Waals surface area contributed by atoms with Crippen LogP contribution in [0.3, 0.4) is 0 Å². The Bertz CT molecular complexity index is 664. The van der Waals surface area contributed by atoms with E-state index in [2.05, 4.69) is 0 Å². The van der Waals surface area contributed by atoms with E-state index in [1.165, 1.54) is 6.08 Å². The minimum atomic E-state index is -0.173. The number of ketones is 1. The predicted molar refractivity (Wildman–Crippen MR) is 72.6 cm³/mol. The van der Waals surface area contributed by atoms with E-state index in [9.17, 15) is 9.90 Å². The highest BCUT2D eigenvalue weighted by Gasteiger charge is 2.02. The van der Waals surface area contributed by atoms with Crippen molar-refractivity contribution in [1.82, 2.24) is 0 Å². The minimum absolute atomic E-state index is 0.131. The third-order valence-corrected chi connectivity index (χ3v) is 2.65. The van der Waals surface area contributed by atoms with Gasteiger partial charge in [0.15, 0.2) is 5.78 Å². The van der Waals surface area contributed by atoms with Crippen LogP contribution in [0.15, 0.2) is 54.6 Å². The van der Waals surface area contributed by atoms with Gasteiger partial charge < -0.3 is 5.11 Å². The molecule has 0 radical (unpaired) electrons. The van der Waals surface area contributed by atoms with Crippen molar-refractivity contribution in [1.29, 1.82) is 5.26 Å². The number of benzene rings is 2. The fourth-order valence-electron chi connectivity index (χ4n) is 1.60. The van der Waals surface area contributed by atoms with Crippen molar-refractivity contribution in [2.24, 2.45) is 0 Å². The topological polar surface area (TPSA) is 61.1 Å². The molecule has 0 saturated carbocycles. The molecule has 2 aromatic carbocycles. The summed E-state index contributed by atoms with van der Waals surface area (Å²) < 4.78 is 0. The van der Waals surface area contributed by atoms with Crippen molar-refractivity contribution in [2.45, 2.75) is 0 Å². The van der Waals surface area contributed by atoms with Crippen LogP contribution in [0.2, 0.25) is 0 Å². The summed E-state index contributed by atoms with van der Waals surface area (Å²) in [5.41, 5.74) is 1.61. The van der Waals surface area contributed by atoms with Gasteiger partial charge >= 0.3 is 0 Å². The Morgan fingerprint density at radius 3 is 2.42 bits per heavy atom. The third kappa shape index (κ3) is 3.08. The SMILES string of the molecule is N#Cc1ccc(C(=O)/C=C/c2ccccc2O)cc1. The Morgan fingerprint density at radius 2 is 1.79 bits per heavy atom. The molecule has 0 spiro atoms. The highest BCUT2D eigenvalue weighted by molar-refractivity contribution is 6.06. The Hall–Kier alpha value is -2.86. The Labute approximate surface area is 111 Å². The zero-order valence-corrected chi connectivity index (χ0v) is 10.1. The van der Waals surface area contributed by atoms with Crippen LogP contribution in [0.25, 0.3) is 6.08 Å². The van der Waals surface area contributed by atoms with Crippen molar-refractivity contribution in [3.05, 3.63) is 71.3 Å². The molecule has 1 N–H and O–H groups in total. The zero-order chi connectivity index (χ0) is 13.7. The number of allylic oxidation sites excluding steroid dienone is 1. The van der Waals surface area contributed by atoms with Gasteiger partial charge in [0.2, 0.25) is 0 Å². The smallest absolute Gasteiger partial charge is 0.185 e. The number of phenolic OH excluding ortho intramolecular Hbond substituents is 1. The first kappa shape index (κ1) is 12.6. The lowest BCUT2D eigenvalue weighted by Gasteiger charge is -1.98. The lowest BCUT2D eigenvalue weighted by Crippen LogP contribution is -1.93. The third-order valence-electron chi connectivity index (χ3n) is 2.65. The summed E-state index contributed by atoms with van der Waals surface area (Å²) in [6.45, 7) is 0. The van der Waals surface area contributed by atoms with Gasteiger partial charge in [-0.2, -0.15) is 5.26 Å². The molecule has 3 heteroatoms. The first-order chi connectivity index (χ1) is 9.20. The lowest BCUT2D eigenvalue weighted by atomic mass is 10.1. The van der Waals surface area contributed by atoms with E-state index < -0.39 is 0 Å². The largest absolute Gasteiger partial charge is 0.507 e. The molecular weight excluding hydrogens is 238 g/mol. The molecule has 0 amide bonds. The van der Waals surface area contributed by atoms with E-state index in [4.69, 9.17) is 5.26 Å². The number of rotatable bonds is 3. The van der Waals surface area contributed by atoms with Crippen LogP contribution in [0.5, 0.6) is 5.75 Å². The molecule has 19 heavy (non-hydrogen) atoms. The molecule has 0 heterocycles. The maximum atomic E-state index is 11.9. The summed E-state index contributed by atoms with van der Waals surface area (Å²) in [5, 5.41) is 18.2. The summed E-state index contributed by atoms with van der Waals surface area (Å²) in [4.78, 5) is 11.9. The molecular formula is C16H11NO2. The number of para-hydroxylation sites is 1. The van der Waals surface area contributed by atoms with Gasteiger partial charge in [0.1, 0.15) is 5.75 Å². The molecule has 0 saturated heterocycles. The van der Waals surface area contributed by atoms with Gasteiger partial charge in [0, 0.05) is 11.1 Å². The molecule has 0 aromatic heterocycles. The zero-order valence-electron chi connectivity index (χ0n) is 10.1. The monoisotopic (exact) mass is 249 g/mol. The maximum absolute atomic E-state index is 11.9. The predicted octanol–water partition coefficient (Wildman–Crippen LogP) is 3.16. The average molecular weight is 249 g/mol. The quantitative estimate of drug-likeness (QED) is 0.671. The number of aromatic hydroxyl groups is 1. The maximum Gasteiger partial charge on any atom is 0.185 e. The molecule has 92 valence electrons. The first-order valence-corrected chi connectivity index (χ1v) is 5.71. The number of hydrogen-bond donors (Lipinski definition) is 1. The summed E-state index contributed by atoms with van der Waals surface area (Å²) in [6, 6.07) is 15.2. The normalized spacial score (nSPS) is 10.3. The van der Waals surface area contributed by atoms with Gasteiger partial charge in [-0.15, -0.1) is 0 Å². The van der Waals surface area contributed by atoms with Crippen LogP contribution in [0.1, 0.15) is 21.5 Å². The highest BCUT2D eigenvalue weighted by Crippen LogP contribution is 2.17. The van der Waals surface area contributed by atoms with Gasteiger partial charge in [0.05, 0.1) is 11.6 Å². The van der Waals surface area contributed by atoms with Crippen LogP contribution in [0.4, 0.5) is 0 Å². The van der Waals surface area contributed by atoms with Crippen molar-refractivity contribution < 1.29 is 9.90 Å². The molecule has 2 aromatic rings. The van der Waals surface area contributed by atoms with Gasteiger partial charge in [-0.25, -0.2) is 0 Å². The summed E-state index contributed by atoms with van der Waals surface area (Å²) in [5.74, 6) is -0.0425. The van der Waals surface area contributed by atoms with Crippen molar-refractivity contribution in [3.8, 4) is 11.8 Å². The Morgan fingerprint density at radius 1 is 1.11 bits per heavy atom. The van der Waals surface area contributed by atoms with Crippen LogP contribution >= 0.6 is 0 Å². The van der Waals surface area contributed by atoms with Gasteiger partial charge in [-0.1, -0.05) is 18.2 Å². The number of hydrogen-bond acceptors (Lipinski definition) is 3. The van der Waals surface area contributed by atoms with Gasteiger partial charge in [-0.05, 0) is 42.5 Å². The molecule has 0 fully saturated rings. The molecule has 0 aliphatic rings. The molecule has 0 aliphatic heterocycles. The van der Waals surface area contributed by atoms with E-state index >= 15 is 0 Å². The van der Waals surface area contributed by atoms with Crippen molar-refractivity contribution in [3.63, 3.8) is 0 Å². The molecule has 3 nitrogen and oxygen atoms in total. The van der Waals surface area contributed by atoms with Crippen LogP contribution in [0, 0.1) is 11.3 Å². The molecule has 0 unspecified atom stereocenters. The second-order valence-electron chi connectivity index (χ2n) is 3.95. The fourth-order valence-corrected chi connectivity index (χ4v) is 1.60. The standard InChI is InChI=1S/C16H11NO2/c17-11-12-5-7-14(8-6-12)16(19)10-9-13-3-1-2-4-15(13)18/h1-10,18H/b10-9+. The fraction of sp³-hybridized carbons (Fsp3) is 0. The van der Waals surface area contributed by atoms with E-state index in [0.29, 0.717) is 16.7 Å². The molecule has 2 rings (SSSR count). The van der Waals surface area contributed by atoms with E-state index in [1.807, 2.05) is 6.07 Å². The second-order valence-corrected chi connectivity index (χ2v) is 3.95. The molecule has 0 bridgehead atoms. The van der Waals surface area contributed by atoms with Crippen molar-refractivity contribution >= 4 is 11.9 Å². The van der Waals surface area contributed by atoms with Crippen molar-refractivity contribution in [2.75, 3.05) is 0 Å². The minimum Gasteiger partial charge on any atom is -0.507 e. The average Bonchev–Trinajstić information content (AvgIpc) is 2.46. The number of carbonyl (C=O) groups is 1. The van der Waals surface area contributed by atoms with Gasteiger partial charge in [0.25, 0.3) is 0 Å². The lowest BCUT2D eigenvalue weighted by molar-refractivity contribution is 0.104. The first-order valence-electron chi connectivity index (χ1n) is 5.71. The number of nitriles is 1. The summed E-state index contributed by atoms with van der Waals surface area (Å²) in [7, 11) is 0. The van der Waals surface area contributed by atoms with E-state index in [1.54, 1.807) is 54.6 Å². The number of carbonyl (C=O) groups excluding carboxylic acids is 1. The highest BCUT2D eigenvalue weighted by atomic mass is 16.3. The van der Waals surface area contributed by atoms with Crippen LogP contribution in [-0.2, 0) is 0 Å². The molecule has 0 aliphatic carbocycles. The van der Waals surface area contributed by atoms with E-state index in [-0.39, 0.29) is 11.5 Å². The molecule has 0 atom stereocenters. The Balaban J connectivity index is 2.17. The number of nitrogens with zero attached hydrogens (tertiary/aromatic N) is 1. The Kier molecular flexibility index (Phi) is 3.75. The van der Waals surface area contributed by atoms with Crippen LogP contribution in [-0.4, -0.2) is 10.9 Å². The van der Waals surface area contributed by atoms with Crippen LogP contribution < -0.4 is 0 Å². The van der Waals surface area contributed by atoms with Gasteiger partial charge in [-0.3, -0.25) is 4.79 Å². The number of phenols is 1.